The van der Waals surface area contributed by atoms with E-state index < -0.39 is 0 Å². The minimum absolute atomic E-state index is 0.0110. The number of nitrogens with zero attached hydrogens (tertiary/aromatic N) is 4. The molecule has 0 saturated carbocycles. The number of hydrogen-bond donors (Lipinski definition) is 0. The van der Waals surface area contributed by atoms with Crippen LogP contribution in [-0.2, 0) is 11.3 Å². The van der Waals surface area contributed by atoms with Gasteiger partial charge in [0.25, 0.3) is 0 Å². The summed E-state index contributed by atoms with van der Waals surface area (Å²) in [5.41, 5.74) is 1.14. The van der Waals surface area contributed by atoms with Crippen molar-refractivity contribution in [1.82, 2.24) is 15.1 Å². The quantitative estimate of drug-likeness (QED) is 0.864. The molecule has 2 aromatic rings. The highest BCUT2D eigenvalue weighted by Crippen LogP contribution is 2.17. The Labute approximate surface area is 138 Å². The number of amides is 1. The summed E-state index contributed by atoms with van der Waals surface area (Å²) >= 11 is 11.6. The molecule has 0 bridgehead atoms. The van der Waals surface area contributed by atoms with Crippen LogP contribution in [0.4, 0.5) is 5.82 Å². The van der Waals surface area contributed by atoms with Crippen LogP contribution in [-0.4, -0.2) is 40.6 Å². The molecule has 1 fully saturated rings. The van der Waals surface area contributed by atoms with Crippen LogP contribution in [0.3, 0.4) is 0 Å². The monoisotopic (exact) mass is 336 g/mol. The Morgan fingerprint density at radius 2 is 1.77 bits per heavy atom. The number of piperazine rings is 1. The van der Waals surface area contributed by atoms with E-state index in [0.717, 1.165) is 18.7 Å². The number of rotatable bonds is 3. The Morgan fingerprint density at radius 3 is 2.41 bits per heavy atom. The summed E-state index contributed by atoms with van der Waals surface area (Å²) in [5.74, 6) is 0.553. The SMILES string of the molecule is O=C1CN(Cc2ccc(Cl)cc2)CCN1c1ccc(Cl)nn1. The summed E-state index contributed by atoms with van der Waals surface area (Å²) in [6.07, 6.45) is 0. The Hall–Kier alpha value is -1.69. The maximum absolute atomic E-state index is 12.3. The van der Waals surface area contributed by atoms with Gasteiger partial charge in [0.1, 0.15) is 0 Å². The van der Waals surface area contributed by atoms with Crippen molar-refractivity contribution in [2.24, 2.45) is 0 Å². The third-order valence-electron chi connectivity index (χ3n) is 3.51. The van der Waals surface area contributed by atoms with Crippen LogP contribution in [0.5, 0.6) is 0 Å². The molecule has 0 unspecified atom stereocenters. The molecule has 1 amide bonds. The first-order valence-corrected chi connectivity index (χ1v) is 7.64. The van der Waals surface area contributed by atoms with Crippen LogP contribution in [0, 0.1) is 0 Å². The summed E-state index contributed by atoms with van der Waals surface area (Å²) in [4.78, 5) is 16.0. The molecule has 0 atom stereocenters. The van der Waals surface area contributed by atoms with E-state index in [4.69, 9.17) is 23.2 Å². The van der Waals surface area contributed by atoms with Gasteiger partial charge in [0, 0.05) is 24.7 Å². The highest BCUT2D eigenvalue weighted by Gasteiger charge is 2.26. The van der Waals surface area contributed by atoms with Gasteiger partial charge in [-0.2, -0.15) is 0 Å². The molecule has 1 aliphatic heterocycles. The molecule has 1 aliphatic rings. The van der Waals surface area contributed by atoms with E-state index >= 15 is 0 Å². The topological polar surface area (TPSA) is 49.3 Å². The van der Waals surface area contributed by atoms with Gasteiger partial charge in [0.15, 0.2) is 11.0 Å². The number of benzene rings is 1. The molecule has 1 aromatic heterocycles. The van der Waals surface area contributed by atoms with Gasteiger partial charge in [0.2, 0.25) is 5.91 Å². The van der Waals surface area contributed by atoms with Gasteiger partial charge in [-0.3, -0.25) is 14.6 Å². The summed E-state index contributed by atoms with van der Waals surface area (Å²) in [7, 11) is 0. The fourth-order valence-electron chi connectivity index (χ4n) is 2.40. The molecule has 2 heterocycles. The molecular formula is C15H14Cl2N4O. The van der Waals surface area contributed by atoms with Gasteiger partial charge >= 0.3 is 0 Å². The van der Waals surface area contributed by atoms with E-state index in [0.29, 0.717) is 29.1 Å². The summed E-state index contributed by atoms with van der Waals surface area (Å²) in [6.45, 7) is 2.44. The predicted molar refractivity (Wildman–Crippen MR) is 86.1 cm³/mol. The van der Waals surface area contributed by atoms with Gasteiger partial charge < -0.3 is 0 Å². The zero-order valence-corrected chi connectivity index (χ0v) is 13.3. The van der Waals surface area contributed by atoms with Crippen LogP contribution in [0.1, 0.15) is 5.56 Å². The lowest BCUT2D eigenvalue weighted by molar-refractivity contribution is -0.121. The molecular weight excluding hydrogens is 323 g/mol. The summed E-state index contributed by atoms with van der Waals surface area (Å²) in [5, 5.41) is 8.77. The third kappa shape index (κ3) is 3.55. The van der Waals surface area contributed by atoms with Crippen LogP contribution < -0.4 is 4.90 Å². The molecule has 0 N–H and O–H groups in total. The van der Waals surface area contributed by atoms with Crippen LogP contribution in [0.2, 0.25) is 10.2 Å². The zero-order chi connectivity index (χ0) is 15.5. The normalized spacial score (nSPS) is 16.1. The molecule has 7 heteroatoms. The Morgan fingerprint density at radius 1 is 1.00 bits per heavy atom. The van der Waals surface area contributed by atoms with Crippen molar-refractivity contribution in [1.29, 1.82) is 0 Å². The fourth-order valence-corrected chi connectivity index (χ4v) is 2.63. The highest BCUT2D eigenvalue weighted by molar-refractivity contribution is 6.30. The van der Waals surface area contributed by atoms with Crippen molar-refractivity contribution < 1.29 is 4.79 Å². The largest absolute Gasteiger partial charge is 0.293 e. The van der Waals surface area contributed by atoms with Crippen molar-refractivity contribution in [3.8, 4) is 0 Å². The number of anilines is 1. The molecule has 0 radical (unpaired) electrons. The molecule has 0 spiro atoms. The van der Waals surface area contributed by atoms with Crippen molar-refractivity contribution in [3.63, 3.8) is 0 Å². The standard InChI is InChI=1S/C15H14Cl2N4O/c16-12-3-1-11(2-4-12)9-20-7-8-21(15(22)10-20)14-6-5-13(17)18-19-14/h1-6H,7-10H2. The average molecular weight is 337 g/mol. The average Bonchev–Trinajstić information content (AvgIpc) is 2.51. The van der Waals surface area contributed by atoms with E-state index in [9.17, 15) is 4.79 Å². The highest BCUT2D eigenvalue weighted by atomic mass is 35.5. The van der Waals surface area contributed by atoms with Crippen molar-refractivity contribution in [2.45, 2.75) is 6.54 Å². The fraction of sp³-hybridized carbons (Fsp3) is 0.267. The second-order valence-corrected chi connectivity index (χ2v) is 5.92. The summed E-state index contributed by atoms with van der Waals surface area (Å²) in [6, 6.07) is 11.0. The van der Waals surface area contributed by atoms with Crippen LogP contribution in [0.15, 0.2) is 36.4 Å². The van der Waals surface area contributed by atoms with Gasteiger partial charge in [0.05, 0.1) is 6.54 Å². The Bertz CT molecular complexity index is 660. The second-order valence-electron chi connectivity index (χ2n) is 5.10. The Balaban J connectivity index is 1.63. The minimum Gasteiger partial charge on any atom is -0.293 e. The van der Waals surface area contributed by atoms with E-state index in [1.165, 1.54) is 0 Å². The first-order valence-electron chi connectivity index (χ1n) is 6.88. The lowest BCUT2D eigenvalue weighted by Crippen LogP contribution is -2.50. The van der Waals surface area contributed by atoms with Crippen LogP contribution >= 0.6 is 23.2 Å². The number of halogens is 2. The van der Waals surface area contributed by atoms with Crippen molar-refractivity contribution in [2.75, 3.05) is 24.5 Å². The second kappa shape index (κ2) is 6.60. The molecule has 114 valence electrons. The lowest BCUT2D eigenvalue weighted by atomic mass is 10.2. The maximum atomic E-state index is 12.3. The van der Waals surface area contributed by atoms with Gasteiger partial charge in [-0.15, -0.1) is 10.2 Å². The minimum atomic E-state index is 0.0110. The summed E-state index contributed by atoms with van der Waals surface area (Å²) < 4.78 is 0. The molecule has 22 heavy (non-hydrogen) atoms. The number of hydrogen-bond acceptors (Lipinski definition) is 4. The third-order valence-corrected chi connectivity index (χ3v) is 3.97. The lowest BCUT2D eigenvalue weighted by Gasteiger charge is -2.33. The first-order chi connectivity index (χ1) is 10.6. The molecule has 1 saturated heterocycles. The molecule has 0 aliphatic carbocycles. The number of carbonyl (C=O) groups excluding carboxylic acids is 1. The van der Waals surface area contributed by atoms with Gasteiger partial charge in [-0.25, -0.2) is 0 Å². The predicted octanol–water partition coefficient (Wildman–Crippen LogP) is 2.63. The van der Waals surface area contributed by atoms with E-state index in [1.54, 1.807) is 17.0 Å². The molecule has 3 rings (SSSR count). The van der Waals surface area contributed by atoms with Gasteiger partial charge in [-0.1, -0.05) is 35.3 Å². The smallest absolute Gasteiger partial charge is 0.242 e. The molecule has 1 aromatic carbocycles. The van der Waals surface area contributed by atoms with Crippen molar-refractivity contribution >= 4 is 34.9 Å². The Kier molecular flexibility index (Phi) is 4.57. The van der Waals surface area contributed by atoms with E-state index in [2.05, 4.69) is 15.1 Å². The van der Waals surface area contributed by atoms with E-state index in [1.807, 2.05) is 24.3 Å². The first kappa shape index (κ1) is 15.2. The zero-order valence-electron chi connectivity index (χ0n) is 11.7. The van der Waals surface area contributed by atoms with Crippen LogP contribution in [0.25, 0.3) is 0 Å². The number of aromatic nitrogens is 2. The maximum Gasteiger partial charge on any atom is 0.242 e. The van der Waals surface area contributed by atoms with Gasteiger partial charge in [-0.05, 0) is 29.8 Å². The molecule has 5 nitrogen and oxygen atoms in total. The van der Waals surface area contributed by atoms with Crippen molar-refractivity contribution in [3.05, 3.63) is 52.1 Å². The number of carbonyl (C=O) groups is 1. The van der Waals surface area contributed by atoms with E-state index in [-0.39, 0.29) is 5.91 Å².